The monoisotopic (exact) mass is 294 g/mol. The molecule has 1 saturated heterocycles. The van der Waals surface area contributed by atoms with Crippen molar-refractivity contribution in [3.8, 4) is 0 Å². The van der Waals surface area contributed by atoms with Gasteiger partial charge in [0, 0.05) is 7.05 Å². The number of likely N-dealkylation sites (tertiary alicyclic amines) is 1. The Labute approximate surface area is 118 Å². The summed E-state index contributed by atoms with van der Waals surface area (Å²) in [5.74, 6) is -0.541. The third kappa shape index (κ3) is 1.84. The molecule has 3 rings (SSSR count). The maximum Gasteiger partial charge on any atom is 0.255 e. The number of hydrogen-bond donors (Lipinski definition) is 4. The second-order valence-corrected chi connectivity index (χ2v) is 4.87. The quantitative estimate of drug-likeness (QED) is 0.449. The first-order valence-electron chi connectivity index (χ1n) is 6.17. The van der Waals surface area contributed by atoms with Gasteiger partial charge in [-0.1, -0.05) is 0 Å². The van der Waals surface area contributed by atoms with E-state index in [0.717, 1.165) is 4.90 Å². The highest BCUT2D eigenvalue weighted by Gasteiger charge is 2.46. The van der Waals surface area contributed by atoms with Crippen LogP contribution in [0.25, 0.3) is 11.2 Å². The van der Waals surface area contributed by atoms with Gasteiger partial charge in [0.05, 0.1) is 6.33 Å². The Morgan fingerprint density at radius 1 is 1.19 bits per heavy atom. The van der Waals surface area contributed by atoms with Crippen molar-refractivity contribution < 1.29 is 20.1 Å². The number of aromatic nitrogens is 4. The summed E-state index contributed by atoms with van der Waals surface area (Å²) in [4.78, 5) is 24.9. The molecular weight excluding hydrogens is 280 g/mol. The first kappa shape index (κ1) is 13.7. The van der Waals surface area contributed by atoms with E-state index in [0.29, 0.717) is 11.2 Å². The fraction of sp³-hybridized carbons (Fsp3) is 0.455. The highest BCUT2D eigenvalue weighted by molar-refractivity contribution is 5.84. The van der Waals surface area contributed by atoms with Crippen LogP contribution in [-0.4, -0.2) is 71.0 Å². The topological polar surface area (TPSA) is 151 Å². The molecule has 4 atom stereocenters. The van der Waals surface area contributed by atoms with Crippen LogP contribution in [0.2, 0.25) is 0 Å². The number of rotatable bonds is 1. The molecule has 0 aromatic carbocycles. The van der Waals surface area contributed by atoms with Gasteiger partial charge in [0.2, 0.25) is 0 Å². The molecule has 10 nitrogen and oxygen atoms in total. The minimum atomic E-state index is -1.67. The van der Waals surface area contributed by atoms with E-state index in [2.05, 4.69) is 15.0 Å². The fourth-order valence-corrected chi connectivity index (χ4v) is 2.49. The molecule has 112 valence electrons. The van der Waals surface area contributed by atoms with Crippen molar-refractivity contribution in [3.63, 3.8) is 0 Å². The van der Waals surface area contributed by atoms with Crippen molar-refractivity contribution in [2.75, 3.05) is 12.8 Å². The average molecular weight is 294 g/mol. The average Bonchev–Trinajstić information content (AvgIpc) is 2.89. The SMILES string of the molecule is CN1C(=O)[C@@H](O)[C@@H](O)[C@@H](O)[C@H]1n1cnc2c(N)ncnc21. The number of aliphatic hydroxyl groups excluding tert-OH is 3. The number of amides is 1. The van der Waals surface area contributed by atoms with E-state index < -0.39 is 30.4 Å². The number of carbonyl (C=O) groups excluding carboxylic acids is 1. The Morgan fingerprint density at radius 2 is 1.90 bits per heavy atom. The van der Waals surface area contributed by atoms with Crippen LogP contribution in [-0.2, 0) is 4.79 Å². The molecule has 1 fully saturated rings. The molecule has 10 heteroatoms. The number of nitrogens with two attached hydrogens (primary N) is 1. The summed E-state index contributed by atoms with van der Waals surface area (Å²) >= 11 is 0. The van der Waals surface area contributed by atoms with E-state index in [9.17, 15) is 20.1 Å². The van der Waals surface area contributed by atoms with Crippen molar-refractivity contribution in [2.24, 2.45) is 0 Å². The zero-order chi connectivity index (χ0) is 15.3. The molecule has 0 saturated carbocycles. The van der Waals surface area contributed by atoms with Crippen molar-refractivity contribution in [1.29, 1.82) is 0 Å². The Kier molecular flexibility index (Phi) is 3.01. The first-order valence-corrected chi connectivity index (χ1v) is 6.17. The summed E-state index contributed by atoms with van der Waals surface area (Å²) in [5.41, 5.74) is 6.33. The minimum absolute atomic E-state index is 0.165. The van der Waals surface area contributed by atoms with Crippen LogP contribution in [0.4, 0.5) is 5.82 Å². The van der Waals surface area contributed by atoms with Gasteiger partial charge in [-0.25, -0.2) is 15.0 Å². The van der Waals surface area contributed by atoms with Crippen LogP contribution in [0.15, 0.2) is 12.7 Å². The van der Waals surface area contributed by atoms with E-state index in [1.165, 1.54) is 24.3 Å². The Hall–Kier alpha value is -2.30. The number of anilines is 1. The molecule has 21 heavy (non-hydrogen) atoms. The van der Waals surface area contributed by atoms with E-state index in [4.69, 9.17) is 5.73 Å². The molecule has 0 bridgehead atoms. The lowest BCUT2D eigenvalue weighted by atomic mass is 9.98. The maximum atomic E-state index is 11.9. The lowest BCUT2D eigenvalue weighted by molar-refractivity contribution is -0.180. The molecule has 0 spiro atoms. The highest BCUT2D eigenvalue weighted by Crippen LogP contribution is 2.29. The van der Waals surface area contributed by atoms with Gasteiger partial charge in [-0.15, -0.1) is 0 Å². The molecule has 2 aromatic heterocycles. The molecule has 0 radical (unpaired) electrons. The fourth-order valence-electron chi connectivity index (χ4n) is 2.49. The second-order valence-electron chi connectivity index (χ2n) is 4.87. The van der Waals surface area contributed by atoms with E-state index in [-0.39, 0.29) is 5.82 Å². The third-order valence-electron chi connectivity index (χ3n) is 3.65. The second kappa shape index (κ2) is 4.62. The standard InChI is InChI=1S/C11H14N6O4/c1-16-10(6(19)5(18)7(20)11(16)21)17-3-15-4-8(12)13-2-14-9(4)17/h2-3,5-7,10,18-20H,1H3,(H2,12,13,14)/t5-,6+,7-,10+/m0/s1. The van der Waals surface area contributed by atoms with Crippen LogP contribution in [0.5, 0.6) is 0 Å². The van der Waals surface area contributed by atoms with Crippen LogP contribution in [0.3, 0.4) is 0 Å². The first-order chi connectivity index (χ1) is 9.93. The van der Waals surface area contributed by atoms with Gasteiger partial charge in [-0.2, -0.15) is 0 Å². The molecule has 0 aliphatic carbocycles. The number of hydrogen-bond acceptors (Lipinski definition) is 8. The summed E-state index contributed by atoms with van der Waals surface area (Å²) in [6.07, 6.45) is -3.06. The number of carbonyl (C=O) groups is 1. The summed E-state index contributed by atoms with van der Waals surface area (Å²) in [7, 11) is 1.40. The summed E-state index contributed by atoms with van der Waals surface area (Å²) in [6, 6.07) is 0. The number of likely N-dealkylation sites (N-methyl/N-ethyl adjacent to an activating group) is 1. The number of nitrogens with zero attached hydrogens (tertiary/aromatic N) is 5. The van der Waals surface area contributed by atoms with Crippen molar-refractivity contribution in [2.45, 2.75) is 24.5 Å². The highest BCUT2D eigenvalue weighted by atomic mass is 16.4. The van der Waals surface area contributed by atoms with Gasteiger partial charge in [0.25, 0.3) is 5.91 Å². The predicted octanol–water partition coefficient (Wildman–Crippen LogP) is -2.54. The normalized spacial score (nSPS) is 30.1. The van der Waals surface area contributed by atoms with Gasteiger partial charge in [0.1, 0.15) is 30.2 Å². The van der Waals surface area contributed by atoms with E-state index in [1.54, 1.807) is 0 Å². The van der Waals surface area contributed by atoms with Crippen LogP contribution in [0.1, 0.15) is 6.17 Å². The summed E-state index contributed by atoms with van der Waals surface area (Å²) < 4.78 is 1.41. The van der Waals surface area contributed by atoms with E-state index >= 15 is 0 Å². The number of imidazole rings is 1. The lowest BCUT2D eigenvalue weighted by Gasteiger charge is -2.41. The number of piperidine rings is 1. The van der Waals surface area contributed by atoms with Crippen LogP contribution in [0, 0.1) is 0 Å². The van der Waals surface area contributed by atoms with Gasteiger partial charge >= 0.3 is 0 Å². The van der Waals surface area contributed by atoms with Gasteiger partial charge in [-0.05, 0) is 0 Å². The molecule has 0 unspecified atom stereocenters. The number of aliphatic hydroxyl groups is 3. The Balaban J connectivity index is 2.13. The van der Waals surface area contributed by atoms with Gasteiger partial charge < -0.3 is 26.0 Å². The smallest absolute Gasteiger partial charge is 0.255 e. The minimum Gasteiger partial charge on any atom is -0.387 e. The predicted molar refractivity (Wildman–Crippen MR) is 69.6 cm³/mol. The Morgan fingerprint density at radius 3 is 2.62 bits per heavy atom. The number of nitrogen functional groups attached to an aromatic ring is 1. The summed E-state index contributed by atoms with van der Waals surface area (Å²) in [6.45, 7) is 0. The zero-order valence-corrected chi connectivity index (χ0v) is 11.0. The van der Waals surface area contributed by atoms with E-state index in [1.807, 2.05) is 0 Å². The molecule has 1 aliphatic heterocycles. The van der Waals surface area contributed by atoms with Gasteiger partial charge in [0.15, 0.2) is 17.6 Å². The maximum absolute atomic E-state index is 11.9. The van der Waals surface area contributed by atoms with Crippen LogP contribution >= 0.6 is 0 Å². The van der Waals surface area contributed by atoms with Crippen LogP contribution < -0.4 is 5.73 Å². The van der Waals surface area contributed by atoms with Crippen molar-refractivity contribution >= 4 is 22.9 Å². The molecule has 3 heterocycles. The van der Waals surface area contributed by atoms with Crippen molar-refractivity contribution in [3.05, 3.63) is 12.7 Å². The largest absolute Gasteiger partial charge is 0.387 e. The summed E-state index contributed by atoms with van der Waals surface area (Å²) in [5, 5.41) is 29.5. The molecule has 5 N–H and O–H groups in total. The zero-order valence-electron chi connectivity index (χ0n) is 11.0. The van der Waals surface area contributed by atoms with Crippen molar-refractivity contribution in [1.82, 2.24) is 24.4 Å². The van der Waals surface area contributed by atoms with Gasteiger partial charge in [-0.3, -0.25) is 9.36 Å². The molecule has 2 aromatic rings. The molecule has 1 amide bonds. The molecular formula is C11H14N6O4. The molecule has 1 aliphatic rings. The Bertz CT molecular complexity index is 703. The third-order valence-corrected chi connectivity index (χ3v) is 3.65. The lowest BCUT2D eigenvalue weighted by Crippen LogP contribution is -2.60. The number of fused-ring (bicyclic) bond motifs is 1.